The van der Waals surface area contributed by atoms with E-state index in [9.17, 15) is 14.0 Å². The Balaban J connectivity index is 1.71. The summed E-state index contributed by atoms with van der Waals surface area (Å²) in [6.45, 7) is 0.192. The summed E-state index contributed by atoms with van der Waals surface area (Å²) in [5, 5.41) is 8.34. The van der Waals surface area contributed by atoms with E-state index in [1.54, 1.807) is 53.9 Å². The molecule has 0 saturated carbocycles. The molecule has 160 valence electrons. The average molecular weight is 447 g/mol. The van der Waals surface area contributed by atoms with E-state index in [-0.39, 0.29) is 24.0 Å². The lowest BCUT2D eigenvalue weighted by molar-refractivity contribution is -0.122. The maximum absolute atomic E-state index is 13.5. The first kappa shape index (κ1) is 21.3. The lowest BCUT2D eigenvalue weighted by Gasteiger charge is -2.31. The maximum Gasteiger partial charge on any atom is 0.280 e. The quantitative estimate of drug-likeness (QED) is 0.457. The Kier molecular flexibility index (Phi) is 6.62. The van der Waals surface area contributed by atoms with Crippen LogP contribution in [0.25, 0.3) is 0 Å². The molecule has 0 spiro atoms. The van der Waals surface area contributed by atoms with Crippen molar-refractivity contribution in [3.05, 3.63) is 113 Å². The third-order valence-corrected chi connectivity index (χ3v) is 5.34. The third kappa shape index (κ3) is 4.87. The van der Waals surface area contributed by atoms with E-state index < -0.39 is 11.9 Å². The standard InChI is InChI=1S/C24H19FN4O2S/c25-19-13-11-17(12-14-19)15-26-23(30)22(18-7-3-1-4-8-18)29(20-9-5-2-6-10-20)24(31)21-16-32-28-27-21/h1-14,16,22H,15H2,(H,26,30)/t22-/m1/s1. The number of benzene rings is 3. The van der Waals surface area contributed by atoms with Crippen LogP contribution in [0.5, 0.6) is 0 Å². The number of nitrogens with zero attached hydrogens (tertiary/aromatic N) is 3. The van der Waals surface area contributed by atoms with Crippen molar-refractivity contribution in [2.45, 2.75) is 12.6 Å². The van der Waals surface area contributed by atoms with Crippen LogP contribution in [-0.2, 0) is 11.3 Å². The molecule has 4 aromatic rings. The summed E-state index contributed by atoms with van der Waals surface area (Å²) in [6.07, 6.45) is 0. The normalized spacial score (nSPS) is 11.5. The summed E-state index contributed by atoms with van der Waals surface area (Å²) in [5.41, 5.74) is 2.10. The SMILES string of the molecule is O=C(NCc1ccc(F)cc1)[C@@H](c1ccccc1)N(C(=O)c1csnn1)c1ccccc1. The number of halogens is 1. The fourth-order valence-electron chi connectivity index (χ4n) is 3.29. The zero-order valence-electron chi connectivity index (χ0n) is 16.9. The van der Waals surface area contributed by atoms with Gasteiger partial charge in [-0.2, -0.15) is 0 Å². The molecule has 0 bridgehead atoms. The predicted molar refractivity (Wildman–Crippen MR) is 121 cm³/mol. The highest BCUT2D eigenvalue weighted by Gasteiger charge is 2.34. The number of amides is 2. The second-order valence-corrected chi connectivity index (χ2v) is 7.57. The predicted octanol–water partition coefficient (Wildman–Crippen LogP) is 4.38. The van der Waals surface area contributed by atoms with Crippen LogP contribution in [0.3, 0.4) is 0 Å². The molecule has 1 aromatic heterocycles. The molecular formula is C24H19FN4O2S. The Bertz CT molecular complexity index is 1170. The molecule has 3 aromatic carbocycles. The van der Waals surface area contributed by atoms with Crippen molar-refractivity contribution in [3.63, 3.8) is 0 Å². The van der Waals surface area contributed by atoms with E-state index in [2.05, 4.69) is 14.9 Å². The lowest BCUT2D eigenvalue weighted by atomic mass is 10.0. The minimum atomic E-state index is -0.951. The Labute approximate surface area is 188 Å². The van der Waals surface area contributed by atoms with Crippen molar-refractivity contribution in [1.82, 2.24) is 14.9 Å². The number of hydrogen-bond acceptors (Lipinski definition) is 5. The summed E-state index contributed by atoms with van der Waals surface area (Å²) in [5.74, 6) is -1.16. The number of nitrogens with one attached hydrogen (secondary N) is 1. The molecular weight excluding hydrogens is 427 g/mol. The highest BCUT2D eigenvalue weighted by atomic mass is 32.1. The average Bonchev–Trinajstić information content (AvgIpc) is 3.38. The van der Waals surface area contributed by atoms with Crippen LogP contribution in [0.1, 0.15) is 27.7 Å². The van der Waals surface area contributed by atoms with E-state index in [4.69, 9.17) is 0 Å². The molecule has 1 atom stereocenters. The smallest absolute Gasteiger partial charge is 0.280 e. The van der Waals surface area contributed by atoms with Crippen LogP contribution in [0, 0.1) is 5.82 Å². The molecule has 0 aliphatic heterocycles. The van der Waals surface area contributed by atoms with E-state index in [0.29, 0.717) is 11.3 Å². The van der Waals surface area contributed by atoms with Gasteiger partial charge in [0.1, 0.15) is 11.9 Å². The largest absolute Gasteiger partial charge is 0.350 e. The molecule has 2 amide bonds. The molecule has 0 aliphatic carbocycles. The number of aromatic nitrogens is 2. The topological polar surface area (TPSA) is 75.2 Å². The van der Waals surface area contributed by atoms with Gasteiger partial charge in [-0.05, 0) is 46.9 Å². The van der Waals surface area contributed by atoms with Gasteiger partial charge in [0.2, 0.25) is 5.91 Å². The summed E-state index contributed by atoms with van der Waals surface area (Å²) in [4.78, 5) is 28.3. The second-order valence-electron chi connectivity index (χ2n) is 6.96. The summed E-state index contributed by atoms with van der Waals surface area (Å²) in [7, 11) is 0. The van der Waals surface area contributed by atoms with Crippen LogP contribution in [0.4, 0.5) is 10.1 Å². The van der Waals surface area contributed by atoms with Crippen LogP contribution < -0.4 is 10.2 Å². The highest BCUT2D eigenvalue weighted by molar-refractivity contribution is 7.03. The highest BCUT2D eigenvalue weighted by Crippen LogP contribution is 2.29. The number of carbonyl (C=O) groups is 2. The van der Waals surface area contributed by atoms with Gasteiger partial charge in [-0.1, -0.05) is 65.2 Å². The molecule has 1 heterocycles. The molecule has 6 nitrogen and oxygen atoms in total. The number of anilines is 1. The Morgan fingerprint density at radius 1 is 0.938 bits per heavy atom. The Hall–Kier alpha value is -3.91. The minimum absolute atomic E-state index is 0.158. The monoisotopic (exact) mass is 446 g/mol. The summed E-state index contributed by atoms with van der Waals surface area (Å²) in [6, 6.07) is 23.0. The van der Waals surface area contributed by atoms with E-state index >= 15 is 0 Å². The van der Waals surface area contributed by atoms with Crippen molar-refractivity contribution in [2.75, 3.05) is 4.90 Å². The first-order valence-electron chi connectivity index (χ1n) is 9.86. The molecule has 0 saturated heterocycles. The molecule has 0 unspecified atom stereocenters. The van der Waals surface area contributed by atoms with Gasteiger partial charge in [0.25, 0.3) is 5.91 Å². The number of carbonyl (C=O) groups excluding carboxylic acids is 2. The number of para-hydroxylation sites is 1. The van der Waals surface area contributed by atoms with Crippen molar-refractivity contribution in [3.8, 4) is 0 Å². The van der Waals surface area contributed by atoms with Crippen LogP contribution in [0.2, 0.25) is 0 Å². The molecule has 0 fully saturated rings. The Morgan fingerprint density at radius 2 is 1.59 bits per heavy atom. The van der Waals surface area contributed by atoms with Crippen LogP contribution in [-0.4, -0.2) is 21.4 Å². The molecule has 0 aliphatic rings. The van der Waals surface area contributed by atoms with E-state index in [0.717, 1.165) is 17.1 Å². The first-order chi connectivity index (χ1) is 15.6. The van der Waals surface area contributed by atoms with Gasteiger partial charge in [0, 0.05) is 17.6 Å². The van der Waals surface area contributed by atoms with Crippen molar-refractivity contribution in [2.24, 2.45) is 0 Å². The zero-order valence-corrected chi connectivity index (χ0v) is 17.7. The number of hydrogen-bond donors (Lipinski definition) is 1. The van der Waals surface area contributed by atoms with Gasteiger partial charge in [-0.3, -0.25) is 14.5 Å². The summed E-state index contributed by atoms with van der Waals surface area (Å²) >= 11 is 1.07. The van der Waals surface area contributed by atoms with Gasteiger partial charge in [-0.25, -0.2) is 4.39 Å². The molecule has 1 N–H and O–H groups in total. The van der Waals surface area contributed by atoms with Gasteiger partial charge in [0.05, 0.1) is 0 Å². The van der Waals surface area contributed by atoms with Crippen LogP contribution in [0.15, 0.2) is 90.3 Å². The van der Waals surface area contributed by atoms with E-state index in [1.165, 1.54) is 17.0 Å². The van der Waals surface area contributed by atoms with Gasteiger partial charge >= 0.3 is 0 Å². The fourth-order valence-corrected chi connectivity index (χ4v) is 3.72. The maximum atomic E-state index is 13.5. The van der Waals surface area contributed by atoms with Crippen molar-refractivity contribution in [1.29, 1.82) is 0 Å². The minimum Gasteiger partial charge on any atom is -0.350 e. The number of rotatable bonds is 7. The fraction of sp³-hybridized carbons (Fsp3) is 0.0833. The summed E-state index contributed by atoms with van der Waals surface area (Å²) < 4.78 is 17.0. The Morgan fingerprint density at radius 3 is 2.22 bits per heavy atom. The molecule has 32 heavy (non-hydrogen) atoms. The van der Waals surface area contributed by atoms with Crippen molar-refractivity contribution >= 4 is 29.0 Å². The van der Waals surface area contributed by atoms with Crippen molar-refractivity contribution < 1.29 is 14.0 Å². The van der Waals surface area contributed by atoms with Gasteiger partial charge in [-0.15, -0.1) is 5.10 Å². The first-order valence-corrected chi connectivity index (χ1v) is 10.7. The second kappa shape index (κ2) is 9.93. The molecule has 0 radical (unpaired) electrons. The van der Waals surface area contributed by atoms with Crippen LogP contribution >= 0.6 is 11.5 Å². The van der Waals surface area contributed by atoms with Gasteiger partial charge < -0.3 is 5.32 Å². The molecule has 4 rings (SSSR count). The lowest BCUT2D eigenvalue weighted by Crippen LogP contribution is -2.44. The molecule has 8 heteroatoms. The third-order valence-electron chi connectivity index (χ3n) is 4.83. The van der Waals surface area contributed by atoms with E-state index in [1.807, 2.05) is 24.3 Å². The van der Waals surface area contributed by atoms with Gasteiger partial charge in [0.15, 0.2) is 5.69 Å². The zero-order chi connectivity index (χ0) is 22.3.